The number of para-hydroxylation sites is 1. The highest BCUT2D eigenvalue weighted by Gasteiger charge is 2.53. The van der Waals surface area contributed by atoms with Crippen LogP contribution >= 0.6 is 0 Å². The molecule has 0 saturated heterocycles. The first kappa shape index (κ1) is 30.3. The van der Waals surface area contributed by atoms with Crippen molar-refractivity contribution in [3.05, 3.63) is 106 Å². The fourth-order valence-corrected chi connectivity index (χ4v) is 7.25. The minimum Gasteiger partial charge on any atom is -0.462 e. The molecule has 1 saturated carbocycles. The molecule has 1 fully saturated rings. The average molecular weight is 633 g/mol. The van der Waals surface area contributed by atoms with Crippen molar-refractivity contribution in [3.8, 4) is 28.3 Å². The number of nitrogens with zero attached hydrogens (tertiary/aromatic N) is 5. The molecule has 5 aromatic rings. The van der Waals surface area contributed by atoms with E-state index in [2.05, 4.69) is 44.4 Å². The van der Waals surface area contributed by atoms with Crippen molar-refractivity contribution in [1.29, 1.82) is 0 Å². The van der Waals surface area contributed by atoms with Gasteiger partial charge in [-0.2, -0.15) is 0 Å². The normalized spacial score (nSPS) is 18.1. The van der Waals surface area contributed by atoms with E-state index in [1.165, 1.54) is 0 Å². The van der Waals surface area contributed by atoms with Gasteiger partial charge in [0.05, 0.1) is 12.6 Å². The summed E-state index contributed by atoms with van der Waals surface area (Å²) in [5.74, 6) is -0.349. The van der Waals surface area contributed by atoms with Gasteiger partial charge in [0.1, 0.15) is 11.3 Å². The molecule has 1 aliphatic carbocycles. The predicted molar refractivity (Wildman–Crippen MR) is 174 cm³/mol. The number of rotatable bonds is 10. The molecule has 4 heterocycles. The average Bonchev–Trinajstić information content (AvgIpc) is 3.74. The van der Waals surface area contributed by atoms with Crippen LogP contribution in [0.3, 0.4) is 0 Å². The van der Waals surface area contributed by atoms with E-state index in [0.717, 1.165) is 53.6 Å². The lowest BCUT2D eigenvalue weighted by Crippen LogP contribution is -2.58. The molecule has 8 rings (SSSR count). The number of fused-ring (bicyclic) bond motifs is 2. The second kappa shape index (κ2) is 12.5. The molecule has 2 aromatic heterocycles. The van der Waals surface area contributed by atoms with Gasteiger partial charge < -0.3 is 9.47 Å². The number of H-pyrrole nitrogens is 1. The van der Waals surface area contributed by atoms with Gasteiger partial charge in [0.2, 0.25) is 0 Å². The summed E-state index contributed by atoms with van der Waals surface area (Å²) < 4.78 is 15.0. The summed E-state index contributed by atoms with van der Waals surface area (Å²) >= 11 is 0. The van der Waals surface area contributed by atoms with Crippen molar-refractivity contribution < 1.29 is 19.1 Å². The third-order valence-corrected chi connectivity index (χ3v) is 9.45. The Bertz CT molecular complexity index is 1980. The Morgan fingerprint density at radius 1 is 0.957 bits per heavy atom. The molecule has 1 N–H and O–H groups in total. The molecule has 47 heavy (non-hydrogen) atoms. The van der Waals surface area contributed by atoms with Crippen LogP contribution in [0.15, 0.2) is 77.6 Å². The lowest BCUT2D eigenvalue weighted by Gasteiger charge is -2.47. The van der Waals surface area contributed by atoms with Crippen LogP contribution in [0.25, 0.3) is 22.5 Å². The molecule has 0 atom stereocenters. The fraction of sp³-hybridized carbons (Fsp3) is 0.333. The third kappa shape index (κ3) is 5.25. The first-order valence-electron chi connectivity index (χ1n) is 16.2. The molecule has 11 nitrogen and oxygen atoms in total. The Morgan fingerprint density at radius 3 is 2.38 bits per heavy atom. The lowest BCUT2D eigenvalue weighted by atomic mass is 9.77. The van der Waals surface area contributed by atoms with Crippen LogP contribution in [0.2, 0.25) is 0 Å². The number of carbonyl (C=O) groups excluding carboxylic acids is 2. The number of hydrogen-bond acceptors (Lipinski definition) is 8. The van der Waals surface area contributed by atoms with E-state index in [1.807, 2.05) is 36.4 Å². The van der Waals surface area contributed by atoms with Crippen molar-refractivity contribution in [2.24, 2.45) is 0 Å². The zero-order valence-corrected chi connectivity index (χ0v) is 26.4. The summed E-state index contributed by atoms with van der Waals surface area (Å²) in [5.41, 5.74) is 4.46. The Kier molecular flexibility index (Phi) is 8.05. The minimum atomic E-state index is -1.16. The summed E-state index contributed by atoms with van der Waals surface area (Å²) in [5, 5.41) is 14.4. The second-order valence-corrected chi connectivity index (χ2v) is 12.2. The Balaban J connectivity index is 1.23. The number of carbonyl (C=O) groups is 2. The van der Waals surface area contributed by atoms with E-state index in [1.54, 1.807) is 35.9 Å². The molecule has 240 valence electrons. The van der Waals surface area contributed by atoms with Gasteiger partial charge in [0.25, 0.3) is 5.56 Å². The number of aromatic amines is 1. The quantitative estimate of drug-likeness (QED) is 0.154. The van der Waals surface area contributed by atoms with Gasteiger partial charge in [-0.15, -0.1) is 5.10 Å². The van der Waals surface area contributed by atoms with E-state index in [4.69, 9.17) is 9.47 Å². The summed E-state index contributed by atoms with van der Waals surface area (Å²) in [4.78, 5) is 41.2. The standard InChI is InChI=1S/C36H36N6O5/c1-3-9-30-29(22-23-14-16-24(17-15-23)26-10-5-6-11-27(26)32-37-39-40-38-32)33(43)42-36(20-18-25(19-21-36)41(30)42)35(45)47-31-13-8-7-12-28(31)34(44)46-4-2/h5-8,10-17,25H,3-4,9,18-22H2,1-2H3,(H,37,38,39,40). The van der Waals surface area contributed by atoms with Crippen molar-refractivity contribution in [2.45, 2.75) is 70.4 Å². The lowest BCUT2D eigenvalue weighted by molar-refractivity contribution is -0.152. The molecule has 0 unspecified atom stereocenters. The third-order valence-electron chi connectivity index (χ3n) is 9.45. The van der Waals surface area contributed by atoms with E-state index in [-0.39, 0.29) is 29.5 Å². The number of ether oxygens (including phenoxy) is 2. The molecule has 0 spiro atoms. The Labute approximate surface area is 271 Å². The van der Waals surface area contributed by atoms with Gasteiger partial charge in [0.15, 0.2) is 11.4 Å². The summed E-state index contributed by atoms with van der Waals surface area (Å²) in [6.45, 7) is 4.03. The molecule has 2 aliphatic heterocycles. The highest BCUT2D eigenvalue weighted by atomic mass is 16.6. The van der Waals surface area contributed by atoms with Crippen molar-refractivity contribution in [1.82, 2.24) is 30.0 Å². The second-order valence-electron chi connectivity index (χ2n) is 12.2. The summed E-state index contributed by atoms with van der Waals surface area (Å²) in [6.07, 6.45) is 4.57. The zero-order chi connectivity index (χ0) is 32.5. The largest absolute Gasteiger partial charge is 0.462 e. The van der Waals surface area contributed by atoms with Crippen LogP contribution in [-0.2, 0) is 27.9 Å². The highest BCUT2D eigenvalue weighted by molar-refractivity contribution is 5.94. The molecule has 3 aromatic carbocycles. The molecule has 2 bridgehead atoms. The van der Waals surface area contributed by atoms with Crippen LogP contribution in [0.4, 0.5) is 0 Å². The summed E-state index contributed by atoms with van der Waals surface area (Å²) in [7, 11) is 0. The molecular weight excluding hydrogens is 596 g/mol. The maximum Gasteiger partial charge on any atom is 0.341 e. The van der Waals surface area contributed by atoms with E-state index < -0.39 is 17.5 Å². The minimum absolute atomic E-state index is 0.138. The number of benzene rings is 3. The van der Waals surface area contributed by atoms with Crippen LogP contribution in [0, 0.1) is 0 Å². The zero-order valence-electron chi connectivity index (χ0n) is 26.4. The maximum atomic E-state index is 14.4. The van der Waals surface area contributed by atoms with E-state index in [0.29, 0.717) is 30.7 Å². The van der Waals surface area contributed by atoms with Gasteiger partial charge in [-0.1, -0.05) is 74.0 Å². The van der Waals surface area contributed by atoms with Crippen molar-refractivity contribution in [2.75, 3.05) is 6.61 Å². The number of tetrazole rings is 1. The molecule has 3 aliphatic rings. The van der Waals surface area contributed by atoms with Crippen LogP contribution in [-0.4, -0.2) is 48.5 Å². The van der Waals surface area contributed by atoms with Gasteiger partial charge in [-0.05, 0) is 78.3 Å². The number of hydrogen-bond donors (Lipinski definition) is 1. The Morgan fingerprint density at radius 2 is 1.68 bits per heavy atom. The van der Waals surface area contributed by atoms with Gasteiger partial charge in [-0.3, -0.25) is 9.48 Å². The van der Waals surface area contributed by atoms with Crippen LogP contribution in [0.1, 0.15) is 79.2 Å². The first-order chi connectivity index (χ1) is 22.9. The highest BCUT2D eigenvalue weighted by Crippen LogP contribution is 2.47. The van der Waals surface area contributed by atoms with Crippen LogP contribution in [0.5, 0.6) is 5.75 Å². The monoisotopic (exact) mass is 632 g/mol. The molecule has 0 radical (unpaired) electrons. The number of nitrogens with one attached hydrogen (secondary N) is 1. The van der Waals surface area contributed by atoms with Gasteiger partial charge >= 0.3 is 11.9 Å². The Hall–Kier alpha value is -5.32. The molecule has 0 amide bonds. The van der Waals surface area contributed by atoms with E-state index in [9.17, 15) is 14.4 Å². The van der Waals surface area contributed by atoms with E-state index >= 15 is 0 Å². The fourth-order valence-electron chi connectivity index (χ4n) is 7.25. The smallest absolute Gasteiger partial charge is 0.341 e. The van der Waals surface area contributed by atoms with Crippen molar-refractivity contribution >= 4 is 11.9 Å². The summed E-state index contributed by atoms with van der Waals surface area (Å²) in [6, 6.07) is 22.8. The molecule has 11 heteroatoms. The topological polar surface area (TPSA) is 134 Å². The van der Waals surface area contributed by atoms with Crippen molar-refractivity contribution in [3.63, 3.8) is 0 Å². The predicted octanol–water partition coefficient (Wildman–Crippen LogP) is 5.65. The van der Waals surface area contributed by atoms with Gasteiger partial charge in [-0.25, -0.2) is 19.4 Å². The SMILES string of the molecule is CCCc1c(Cc2ccc(-c3ccccc3-c3nnn[nH]3)cc2)c(=O)n2n1C1CCC2(C(=O)Oc2ccccc2C(=O)OCC)CC1. The number of esters is 2. The molecular formula is C36H36N6O5. The first-order valence-corrected chi connectivity index (χ1v) is 16.2. The number of aromatic nitrogens is 6. The van der Waals surface area contributed by atoms with Gasteiger partial charge in [0, 0.05) is 23.2 Å². The van der Waals surface area contributed by atoms with Crippen LogP contribution < -0.4 is 10.3 Å². The maximum absolute atomic E-state index is 14.4.